The number of hydrogen-bond acceptors (Lipinski definition) is 4. The minimum Gasteiger partial charge on any atom is -0.422 e. The van der Waals surface area contributed by atoms with Crippen molar-refractivity contribution < 1.29 is 4.74 Å². The van der Waals surface area contributed by atoms with Gasteiger partial charge in [-0.3, -0.25) is 0 Å². The van der Waals surface area contributed by atoms with Gasteiger partial charge in [0.2, 0.25) is 11.8 Å². The third kappa shape index (κ3) is 2.84. The van der Waals surface area contributed by atoms with E-state index in [1.54, 1.807) is 4.68 Å². The van der Waals surface area contributed by atoms with E-state index < -0.39 is 0 Å². The number of fused-ring (bicyclic) bond motifs is 1. The first-order chi connectivity index (χ1) is 13.5. The summed E-state index contributed by atoms with van der Waals surface area (Å²) in [5.41, 5.74) is 11.4. The fourth-order valence-corrected chi connectivity index (χ4v) is 3.66. The summed E-state index contributed by atoms with van der Waals surface area (Å²) < 4.78 is 7.64. The van der Waals surface area contributed by atoms with Crippen LogP contribution in [0.15, 0.2) is 66.1 Å². The average Bonchev–Trinajstić information content (AvgIpc) is 3.03. The Morgan fingerprint density at radius 3 is 2.39 bits per heavy atom. The molecule has 2 heterocycles. The van der Waals surface area contributed by atoms with Gasteiger partial charge in [-0.15, -0.1) is 0 Å². The monoisotopic (exact) mass is 370 g/mol. The first kappa shape index (κ1) is 17.9. The van der Waals surface area contributed by atoms with Crippen LogP contribution < -0.4 is 10.5 Å². The van der Waals surface area contributed by atoms with Gasteiger partial charge in [-0.1, -0.05) is 56.3 Å². The molecule has 2 aromatic carbocycles. The van der Waals surface area contributed by atoms with E-state index in [0.29, 0.717) is 17.4 Å². The van der Waals surface area contributed by atoms with E-state index in [-0.39, 0.29) is 11.8 Å². The fourth-order valence-electron chi connectivity index (χ4n) is 3.66. The van der Waals surface area contributed by atoms with Crippen LogP contribution in [0.3, 0.4) is 0 Å². The number of benzene rings is 2. The lowest BCUT2D eigenvalue weighted by atomic mass is 9.83. The smallest absolute Gasteiger partial charge is 0.229 e. The van der Waals surface area contributed by atoms with Gasteiger partial charge in [0.15, 0.2) is 0 Å². The molecule has 140 valence electrons. The Balaban J connectivity index is 1.90. The zero-order valence-electron chi connectivity index (χ0n) is 16.2. The lowest BCUT2D eigenvalue weighted by Gasteiger charge is -2.25. The molecule has 1 aromatic heterocycles. The molecule has 28 heavy (non-hydrogen) atoms. The Morgan fingerprint density at radius 2 is 1.79 bits per heavy atom. The number of hydrogen-bond donors (Lipinski definition) is 1. The van der Waals surface area contributed by atoms with E-state index in [2.05, 4.69) is 49.3 Å². The zero-order chi connectivity index (χ0) is 19.8. The second-order valence-electron chi connectivity index (χ2n) is 7.30. The zero-order valence-corrected chi connectivity index (χ0v) is 16.2. The predicted molar refractivity (Wildman–Crippen MR) is 108 cm³/mol. The van der Waals surface area contributed by atoms with Crippen LogP contribution in [0, 0.1) is 18.3 Å². The van der Waals surface area contributed by atoms with E-state index >= 15 is 0 Å². The summed E-state index contributed by atoms with van der Waals surface area (Å²) in [6.45, 7) is 6.26. The second-order valence-corrected chi connectivity index (χ2v) is 7.30. The molecule has 0 amide bonds. The summed E-state index contributed by atoms with van der Waals surface area (Å²) in [6, 6.07) is 20.4. The van der Waals surface area contributed by atoms with Crippen molar-refractivity contribution >= 4 is 0 Å². The number of rotatable bonds is 3. The fraction of sp³-hybridized carbons (Fsp3) is 0.217. The van der Waals surface area contributed by atoms with E-state index in [0.717, 1.165) is 22.5 Å². The molecule has 5 nitrogen and oxygen atoms in total. The summed E-state index contributed by atoms with van der Waals surface area (Å²) in [5, 5.41) is 14.5. The van der Waals surface area contributed by atoms with Crippen LogP contribution in [0.4, 0.5) is 0 Å². The van der Waals surface area contributed by atoms with Crippen molar-refractivity contribution in [1.82, 2.24) is 9.78 Å². The highest BCUT2D eigenvalue weighted by Gasteiger charge is 2.36. The van der Waals surface area contributed by atoms with Crippen LogP contribution in [0.1, 0.15) is 48.1 Å². The maximum atomic E-state index is 9.78. The first-order valence-corrected chi connectivity index (χ1v) is 9.33. The summed E-state index contributed by atoms with van der Waals surface area (Å²) in [7, 11) is 0. The topological polar surface area (TPSA) is 76.9 Å². The molecule has 4 rings (SSSR count). The van der Waals surface area contributed by atoms with Gasteiger partial charge in [-0.05, 0) is 36.1 Å². The Labute approximate surface area is 164 Å². The van der Waals surface area contributed by atoms with Gasteiger partial charge in [0.05, 0.1) is 22.9 Å². The number of nitrogens with zero attached hydrogens (tertiary/aromatic N) is 3. The SMILES string of the molecule is Cc1nn(-c2ccccc2)c2c1C(c1ccc(C(C)C)cc1)C(C#N)=C(N)O2. The predicted octanol–water partition coefficient (Wildman–Crippen LogP) is 4.52. The number of aromatic nitrogens is 2. The largest absolute Gasteiger partial charge is 0.422 e. The molecule has 0 fully saturated rings. The Kier molecular flexibility index (Phi) is 4.40. The third-order valence-corrected chi connectivity index (χ3v) is 5.17. The highest BCUT2D eigenvalue weighted by Crippen LogP contribution is 2.44. The van der Waals surface area contributed by atoms with Crippen LogP contribution in [-0.2, 0) is 0 Å². The van der Waals surface area contributed by atoms with Crippen LogP contribution >= 0.6 is 0 Å². The summed E-state index contributed by atoms with van der Waals surface area (Å²) in [5.74, 6) is 0.841. The minimum atomic E-state index is -0.299. The van der Waals surface area contributed by atoms with Crippen LogP contribution in [0.25, 0.3) is 5.69 Å². The van der Waals surface area contributed by atoms with Crippen molar-refractivity contribution in [3.05, 3.63) is 88.4 Å². The highest BCUT2D eigenvalue weighted by atomic mass is 16.5. The number of nitrogens with two attached hydrogens (primary N) is 1. The van der Waals surface area contributed by atoms with Crippen molar-refractivity contribution in [3.63, 3.8) is 0 Å². The quantitative estimate of drug-likeness (QED) is 0.735. The molecular weight excluding hydrogens is 348 g/mol. The summed E-state index contributed by atoms with van der Waals surface area (Å²) in [4.78, 5) is 0. The summed E-state index contributed by atoms with van der Waals surface area (Å²) in [6.07, 6.45) is 0. The number of nitriles is 1. The van der Waals surface area contributed by atoms with E-state index in [9.17, 15) is 5.26 Å². The molecule has 1 aliphatic rings. The average molecular weight is 370 g/mol. The van der Waals surface area contributed by atoms with E-state index in [4.69, 9.17) is 10.5 Å². The van der Waals surface area contributed by atoms with Gasteiger partial charge in [0.25, 0.3) is 0 Å². The normalized spacial score (nSPS) is 15.9. The van der Waals surface area contributed by atoms with Crippen molar-refractivity contribution in [1.29, 1.82) is 5.26 Å². The molecule has 0 radical (unpaired) electrons. The van der Waals surface area contributed by atoms with Crippen LogP contribution in [0.5, 0.6) is 5.88 Å². The number of allylic oxidation sites excluding steroid dienone is 1. The van der Waals surface area contributed by atoms with Gasteiger partial charge in [0, 0.05) is 0 Å². The molecule has 0 saturated heterocycles. The van der Waals surface area contributed by atoms with Gasteiger partial charge in [-0.25, -0.2) is 4.68 Å². The third-order valence-electron chi connectivity index (χ3n) is 5.17. The number of aryl methyl sites for hydroxylation is 1. The Bertz CT molecular complexity index is 1090. The molecular formula is C23H22N4O. The van der Waals surface area contributed by atoms with Crippen molar-refractivity contribution in [2.75, 3.05) is 0 Å². The standard InChI is InChI=1S/C23H22N4O/c1-14(2)16-9-11-17(12-10-16)21-19(13-24)22(25)28-23-20(21)15(3)26-27(23)18-7-5-4-6-8-18/h4-12,14,21H,25H2,1-3H3. The van der Waals surface area contributed by atoms with E-state index in [1.165, 1.54) is 5.56 Å². The minimum absolute atomic E-state index is 0.130. The molecule has 5 heteroatoms. The van der Waals surface area contributed by atoms with Crippen molar-refractivity contribution in [2.24, 2.45) is 5.73 Å². The lowest BCUT2D eigenvalue weighted by molar-refractivity contribution is 0.367. The number of ether oxygens (including phenoxy) is 1. The maximum absolute atomic E-state index is 9.78. The molecule has 1 atom stereocenters. The maximum Gasteiger partial charge on any atom is 0.229 e. The molecule has 0 spiro atoms. The van der Waals surface area contributed by atoms with Crippen LogP contribution in [-0.4, -0.2) is 9.78 Å². The van der Waals surface area contributed by atoms with Gasteiger partial charge < -0.3 is 10.5 Å². The Hall–Kier alpha value is -3.52. The molecule has 0 saturated carbocycles. The van der Waals surface area contributed by atoms with Crippen molar-refractivity contribution in [2.45, 2.75) is 32.6 Å². The van der Waals surface area contributed by atoms with Gasteiger partial charge in [0.1, 0.15) is 11.6 Å². The lowest BCUT2D eigenvalue weighted by Crippen LogP contribution is -2.22. The van der Waals surface area contributed by atoms with E-state index in [1.807, 2.05) is 37.3 Å². The van der Waals surface area contributed by atoms with Gasteiger partial charge in [-0.2, -0.15) is 10.4 Å². The molecule has 1 unspecified atom stereocenters. The van der Waals surface area contributed by atoms with Gasteiger partial charge >= 0.3 is 0 Å². The molecule has 2 N–H and O–H groups in total. The second kappa shape index (κ2) is 6.90. The highest BCUT2D eigenvalue weighted by molar-refractivity contribution is 5.57. The first-order valence-electron chi connectivity index (χ1n) is 9.33. The molecule has 3 aromatic rings. The Morgan fingerprint density at radius 1 is 1.11 bits per heavy atom. The molecule has 1 aliphatic heterocycles. The summed E-state index contributed by atoms with van der Waals surface area (Å²) >= 11 is 0. The van der Waals surface area contributed by atoms with Crippen LogP contribution in [0.2, 0.25) is 0 Å². The van der Waals surface area contributed by atoms with Crippen molar-refractivity contribution in [3.8, 4) is 17.6 Å². The number of para-hydroxylation sites is 1. The molecule has 0 aliphatic carbocycles. The molecule has 0 bridgehead atoms.